The molecule has 2 aromatic carbocycles. The van der Waals surface area contributed by atoms with Crippen molar-refractivity contribution < 1.29 is 27.8 Å². The number of aliphatic hydroxyl groups excluding tert-OH is 1. The molecule has 2 fully saturated rings. The molecule has 10 nitrogen and oxygen atoms in total. The third-order valence-corrected chi connectivity index (χ3v) is 9.97. The number of amides is 1. The number of piperidine rings is 1. The van der Waals surface area contributed by atoms with Crippen LogP contribution in [0, 0.1) is 0 Å². The molecule has 218 valence electrons. The Morgan fingerprint density at radius 3 is 2.50 bits per heavy atom. The molecule has 0 aliphatic carbocycles. The highest BCUT2D eigenvalue weighted by atomic mass is 32.2. The topological polar surface area (TPSA) is 112 Å². The number of hydrogen-bond donors (Lipinski definition) is 2. The fourth-order valence-electron chi connectivity index (χ4n) is 5.99. The van der Waals surface area contributed by atoms with Crippen LogP contribution in [0.2, 0.25) is 0 Å². The lowest BCUT2D eigenvalue weighted by Gasteiger charge is -2.44. The van der Waals surface area contributed by atoms with Crippen molar-refractivity contribution in [1.82, 2.24) is 5.32 Å². The molecule has 0 spiro atoms. The summed E-state index contributed by atoms with van der Waals surface area (Å²) in [7, 11) is -1.82. The first-order chi connectivity index (χ1) is 19.2. The van der Waals surface area contributed by atoms with Crippen LogP contribution in [0.1, 0.15) is 46.0 Å². The minimum absolute atomic E-state index is 0.171. The second-order valence-electron chi connectivity index (χ2n) is 10.9. The van der Waals surface area contributed by atoms with E-state index in [1.807, 2.05) is 49.4 Å². The standard InChI is InChI=1S/C29H40N4O6S/c1-4-6-23-10-13-25(18-30-23)39-28(34)31-19-20(2)33(29(35)38-3)26-14-9-22(17-27(26)31)21-7-11-24(12-8-21)32-15-5-16-40(32,36)37/h7-9,11-12,14,17,20,23,25,29-30,35H,4-6,10,13,15-16,18-19H2,1-3H3/t20-,23?,25?,29?/m0/s1. The number of nitrogens with zero attached hydrogens (tertiary/aromatic N) is 3. The van der Waals surface area contributed by atoms with Gasteiger partial charge in [-0.15, -0.1) is 0 Å². The quantitative estimate of drug-likeness (QED) is 0.481. The van der Waals surface area contributed by atoms with Crippen LogP contribution in [0.25, 0.3) is 11.1 Å². The molecule has 1 amide bonds. The highest BCUT2D eigenvalue weighted by molar-refractivity contribution is 7.93. The number of methoxy groups -OCH3 is 1. The van der Waals surface area contributed by atoms with Crippen LogP contribution >= 0.6 is 0 Å². The Labute approximate surface area is 236 Å². The number of benzene rings is 2. The van der Waals surface area contributed by atoms with E-state index in [9.17, 15) is 18.3 Å². The van der Waals surface area contributed by atoms with E-state index in [2.05, 4.69) is 12.2 Å². The van der Waals surface area contributed by atoms with E-state index in [0.717, 1.165) is 36.8 Å². The normalized spacial score (nSPS) is 25.0. The summed E-state index contributed by atoms with van der Waals surface area (Å²) in [5, 5.41) is 14.1. The molecule has 3 aliphatic heterocycles. The number of fused-ring (bicyclic) bond motifs is 1. The fraction of sp³-hybridized carbons (Fsp3) is 0.552. The highest BCUT2D eigenvalue weighted by Gasteiger charge is 2.37. The zero-order valence-electron chi connectivity index (χ0n) is 23.5. The minimum atomic E-state index is -3.26. The molecule has 40 heavy (non-hydrogen) atoms. The van der Waals surface area contributed by atoms with Gasteiger partial charge in [-0.3, -0.25) is 9.21 Å². The average molecular weight is 573 g/mol. The van der Waals surface area contributed by atoms with Crippen molar-refractivity contribution in [2.24, 2.45) is 0 Å². The van der Waals surface area contributed by atoms with Crippen molar-refractivity contribution in [3.8, 4) is 11.1 Å². The third kappa shape index (κ3) is 5.79. The van der Waals surface area contributed by atoms with Gasteiger partial charge in [-0.2, -0.15) is 0 Å². The molecule has 0 saturated carbocycles. The minimum Gasteiger partial charge on any atom is -0.444 e. The predicted molar refractivity (Wildman–Crippen MR) is 156 cm³/mol. The summed E-state index contributed by atoms with van der Waals surface area (Å²) in [6.45, 7) is 5.55. The Balaban J connectivity index is 1.41. The maximum Gasteiger partial charge on any atom is 0.414 e. The van der Waals surface area contributed by atoms with Crippen LogP contribution in [0.5, 0.6) is 0 Å². The van der Waals surface area contributed by atoms with Gasteiger partial charge in [-0.25, -0.2) is 13.2 Å². The summed E-state index contributed by atoms with van der Waals surface area (Å²) >= 11 is 0. The van der Waals surface area contributed by atoms with E-state index >= 15 is 0 Å². The molecule has 0 aromatic heterocycles. The van der Waals surface area contributed by atoms with Crippen LogP contribution in [-0.4, -0.2) is 76.7 Å². The molecular weight excluding hydrogens is 532 g/mol. The largest absolute Gasteiger partial charge is 0.444 e. The Morgan fingerprint density at radius 1 is 1.12 bits per heavy atom. The number of anilines is 3. The number of ether oxygens (including phenoxy) is 2. The number of carbonyl (C=O) groups excluding carboxylic acids is 1. The average Bonchev–Trinajstić information content (AvgIpc) is 3.32. The number of hydrogen-bond acceptors (Lipinski definition) is 8. The zero-order valence-corrected chi connectivity index (χ0v) is 24.3. The van der Waals surface area contributed by atoms with Gasteiger partial charge < -0.3 is 24.8 Å². The van der Waals surface area contributed by atoms with Crippen LogP contribution < -0.4 is 19.4 Å². The van der Waals surface area contributed by atoms with E-state index in [4.69, 9.17) is 9.47 Å². The van der Waals surface area contributed by atoms with Crippen LogP contribution in [0.3, 0.4) is 0 Å². The molecule has 11 heteroatoms. The van der Waals surface area contributed by atoms with E-state index in [-0.39, 0.29) is 17.9 Å². The van der Waals surface area contributed by atoms with Crippen molar-refractivity contribution in [3.05, 3.63) is 42.5 Å². The first-order valence-electron chi connectivity index (χ1n) is 14.2. The highest BCUT2D eigenvalue weighted by Crippen LogP contribution is 2.40. The van der Waals surface area contributed by atoms with E-state index in [0.29, 0.717) is 49.2 Å². The molecule has 3 unspecified atom stereocenters. The zero-order chi connectivity index (χ0) is 28.4. The van der Waals surface area contributed by atoms with Gasteiger partial charge in [0.05, 0.1) is 22.8 Å². The summed E-state index contributed by atoms with van der Waals surface area (Å²) in [6, 6.07) is 13.4. The fourth-order valence-corrected chi connectivity index (χ4v) is 7.55. The monoisotopic (exact) mass is 572 g/mol. The van der Waals surface area contributed by atoms with E-state index < -0.39 is 22.5 Å². The molecule has 0 bridgehead atoms. The summed E-state index contributed by atoms with van der Waals surface area (Å²) in [4.78, 5) is 16.9. The summed E-state index contributed by atoms with van der Waals surface area (Å²) < 4.78 is 37.4. The Hall–Kier alpha value is -2.86. The van der Waals surface area contributed by atoms with Crippen molar-refractivity contribution in [3.63, 3.8) is 0 Å². The molecule has 2 N–H and O–H groups in total. The molecule has 3 aliphatic rings. The predicted octanol–water partition coefficient (Wildman–Crippen LogP) is 3.89. The second-order valence-corrected chi connectivity index (χ2v) is 12.9. The van der Waals surface area contributed by atoms with Gasteiger partial charge in [0, 0.05) is 38.8 Å². The van der Waals surface area contributed by atoms with Crippen LogP contribution in [0.15, 0.2) is 42.5 Å². The van der Waals surface area contributed by atoms with Crippen LogP contribution in [-0.2, 0) is 19.5 Å². The van der Waals surface area contributed by atoms with Gasteiger partial charge >= 0.3 is 6.09 Å². The first kappa shape index (κ1) is 28.7. The maximum absolute atomic E-state index is 13.5. The van der Waals surface area contributed by atoms with Crippen molar-refractivity contribution in [2.45, 2.75) is 70.6 Å². The SMILES string of the molecule is CCCC1CCC(OC(=O)N2C[C@H](C)N(C(O)OC)c3ccc(-c4ccc(N5CCCS5(=O)=O)cc4)cc32)CN1. The third-order valence-electron chi connectivity index (χ3n) is 8.10. The Morgan fingerprint density at radius 2 is 1.88 bits per heavy atom. The number of nitrogens with one attached hydrogen (secondary N) is 1. The Bertz CT molecular complexity index is 1300. The van der Waals surface area contributed by atoms with Gasteiger partial charge in [-0.05, 0) is 68.0 Å². The van der Waals surface area contributed by atoms with Gasteiger partial charge in [-0.1, -0.05) is 31.5 Å². The van der Waals surface area contributed by atoms with Crippen molar-refractivity contribution >= 4 is 33.2 Å². The van der Waals surface area contributed by atoms with Gasteiger partial charge in [0.1, 0.15) is 6.10 Å². The molecule has 2 aromatic rings. The molecule has 2 saturated heterocycles. The number of aliphatic hydroxyl groups is 1. The Kier molecular flexibility index (Phi) is 8.55. The summed E-state index contributed by atoms with van der Waals surface area (Å²) in [6.07, 6.45) is 2.89. The van der Waals surface area contributed by atoms with Crippen molar-refractivity contribution in [2.75, 3.05) is 46.6 Å². The van der Waals surface area contributed by atoms with Gasteiger partial charge in [0.25, 0.3) is 0 Å². The molecule has 5 rings (SSSR count). The van der Waals surface area contributed by atoms with Crippen molar-refractivity contribution in [1.29, 1.82) is 0 Å². The first-order valence-corrected chi connectivity index (χ1v) is 15.8. The van der Waals surface area contributed by atoms with Gasteiger partial charge in [0.2, 0.25) is 16.4 Å². The lowest BCUT2D eigenvalue weighted by atomic mass is 9.99. The summed E-state index contributed by atoms with van der Waals surface area (Å²) in [5.74, 6) is 0.171. The number of rotatable bonds is 7. The maximum atomic E-state index is 13.5. The molecule has 4 atom stereocenters. The molecule has 0 radical (unpaired) electrons. The molecule has 3 heterocycles. The van der Waals surface area contributed by atoms with E-state index in [1.165, 1.54) is 11.4 Å². The second kappa shape index (κ2) is 11.9. The number of carbonyl (C=O) groups is 1. The van der Waals surface area contributed by atoms with Gasteiger partial charge in [0.15, 0.2) is 0 Å². The lowest BCUT2D eigenvalue weighted by molar-refractivity contribution is -0.0785. The number of sulfonamides is 1. The molecular formula is C29H40N4O6S. The van der Waals surface area contributed by atoms with Crippen LogP contribution in [0.4, 0.5) is 21.9 Å². The van der Waals surface area contributed by atoms with E-state index in [1.54, 1.807) is 9.80 Å². The smallest absolute Gasteiger partial charge is 0.414 e. The lowest BCUT2D eigenvalue weighted by Crippen LogP contribution is -2.55. The summed E-state index contributed by atoms with van der Waals surface area (Å²) in [5.41, 5.74) is 3.67.